The second-order valence-electron chi connectivity index (χ2n) is 5.88. The number of para-hydroxylation sites is 1. The number of anilines is 1. The minimum atomic E-state index is -3.34. The molecule has 1 amide bonds. The summed E-state index contributed by atoms with van der Waals surface area (Å²) in [7, 11) is -3.34. The van der Waals surface area contributed by atoms with Gasteiger partial charge in [-0.05, 0) is 30.3 Å². The topological polar surface area (TPSA) is 109 Å². The van der Waals surface area contributed by atoms with Crippen molar-refractivity contribution in [3.8, 4) is 0 Å². The third-order valence-corrected chi connectivity index (χ3v) is 4.91. The molecule has 0 spiro atoms. The standard InChI is InChI=1S/C18H17N3O4S/c1-26(24,25)13-6-4-5-12(11-13)19-17(22)10-9-16-20-15-8-3-2-7-14(15)18(23)21-16/h2-8,11H,9-10H2,1H3,(H,19,22)(H,20,21,23). The fourth-order valence-electron chi connectivity index (χ4n) is 2.51. The van der Waals surface area contributed by atoms with Crippen molar-refractivity contribution in [2.45, 2.75) is 17.7 Å². The molecule has 7 nitrogen and oxygen atoms in total. The molecule has 0 saturated heterocycles. The molecule has 0 bridgehead atoms. The van der Waals surface area contributed by atoms with Crippen LogP contribution in [0.4, 0.5) is 5.69 Å². The maximum absolute atomic E-state index is 12.1. The number of sulfone groups is 1. The largest absolute Gasteiger partial charge is 0.326 e. The fraction of sp³-hybridized carbons (Fsp3) is 0.167. The van der Waals surface area contributed by atoms with Crippen LogP contribution < -0.4 is 10.9 Å². The molecule has 0 saturated carbocycles. The summed E-state index contributed by atoms with van der Waals surface area (Å²) in [5, 5.41) is 3.15. The first kappa shape index (κ1) is 17.8. The number of hydrogen-bond donors (Lipinski definition) is 2. The number of aromatic amines is 1. The first-order chi connectivity index (χ1) is 12.3. The third kappa shape index (κ3) is 4.15. The number of aromatic nitrogens is 2. The van der Waals surface area contributed by atoms with E-state index in [4.69, 9.17) is 0 Å². The summed E-state index contributed by atoms with van der Waals surface area (Å²) in [6, 6.07) is 13.0. The molecule has 0 aliphatic heterocycles. The Kier molecular flexibility index (Phi) is 4.85. The van der Waals surface area contributed by atoms with E-state index in [1.165, 1.54) is 12.1 Å². The van der Waals surface area contributed by atoms with E-state index in [-0.39, 0.29) is 29.2 Å². The van der Waals surface area contributed by atoms with Crippen molar-refractivity contribution in [3.63, 3.8) is 0 Å². The molecule has 8 heteroatoms. The van der Waals surface area contributed by atoms with Crippen LogP contribution in [-0.4, -0.2) is 30.5 Å². The van der Waals surface area contributed by atoms with Crippen LogP contribution in [0.5, 0.6) is 0 Å². The number of rotatable bonds is 5. The van der Waals surface area contributed by atoms with Crippen molar-refractivity contribution in [1.82, 2.24) is 9.97 Å². The van der Waals surface area contributed by atoms with Gasteiger partial charge in [-0.3, -0.25) is 9.59 Å². The van der Waals surface area contributed by atoms with Crippen LogP contribution in [0.2, 0.25) is 0 Å². The zero-order valence-corrected chi connectivity index (χ0v) is 14.8. The minimum absolute atomic E-state index is 0.102. The summed E-state index contributed by atoms with van der Waals surface area (Å²) in [6.45, 7) is 0. The molecule has 3 aromatic rings. The van der Waals surface area contributed by atoms with E-state index in [1.54, 1.807) is 36.4 Å². The second-order valence-corrected chi connectivity index (χ2v) is 7.89. The lowest BCUT2D eigenvalue weighted by molar-refractivity contribution is -0.116. The van der Waals surface area contributed by atoms with Crippen LogP contribution in [0.1, 0.15) is 12.2 Å². The summed E-state index contributed by atoms with van der Waals surface area (Å²) in [5.74, 6) is 0.125. The minimum Gasteiger partial charge on any atom is -0.326 e. The highest BCUT2D eigenvalue weighted by Crippen LogP contribution is 2.15. The summed E-state index contributed by atoms with van der Waals surface area (Å²) >= 11 is 0. The first-order valence-electron chi connectivity index (χ1n) is 7.91. The molecular weight excluding hydrogens is 354 g/mol. The van der Waals surface area contributed by atoms with Crippen molar-refractivity contribution in [2.75, 3.05) is 11.6 Å². The Bertz CT molecular complexity index is 1140. The lowest BCUT2D eigenvalue weighted by Crippen LogP contribution is -2.16. The van der Waals surface area contributed by atoms with Crippen LogP contribution in [0, 0.1) is 0 Å². The van der Waals surface area contributed by atoms with Crippen LogP contribution in [0.3, 0.4) is 0 Å². The number of benzene rings is 2. The smallest absolute Gasteiger partial charge is 0.258 e. The Hall–Kier alpha value is -3.00. The van der Waals surface area contributed by atoms with E-state index in [1.807, 2.05) is 0 Å². The normalized spacial score (nSPS) is 11.4. The molecule has 134 valence electrons. The number of H-pyrrole nitrogens is 1. The number of fused-ring (bicyclic) bond motifs is 1. The van der Waals surface area contributed by atoms with E-state index in [9.17, 15) is 18.0 Å². The Morgan fingerprint density at radius 2 is 1.92 bits per heavy atom. The van der Waals surface area contributed by atoms with E-state index in [0.717, 1.165) is 6.26 Å². The summed E-state index contributed by atoms with van der Waals surface area (Å²) in [4.78, 5) is 31.3. The average Bonchev–Trinajstić information content (AvgIpc) is 2.59. The molecule has 2 N–H and O–H groups in total. The monoisotopic (exact) mass is 371 g/mol. The van der Waals surface area contributed by atoms with Gasteiger partial charge in [0.1, 0.15) is 5.82 Å². The van der Waals surface area contributed by atoms with Gasteiger partial charge in [0.2, 0.25) is 5.91 Å². The molecule has 0 unspecified atom stereocenters. The fourth-order valence-corrected chi connectivity index (χ4v) is 3.18. The molecule has 0 aliphatic carbocycles. The van der Waals surface area contributed by atoms with Gasteiger partial charge in [0.05, 0.1) is 15.8 Å². The summed E-state index contributed by atoms with van der Waals surface area (Å²) < 4.78 is 23.1. The molecule has 0 radical (unpaired) electrons. The summed E-state index contributed by atoms with van der Waals surface area (Å²) in [5.41, 5.74) is 0.734. The predicted octanol–water partition coefficient (Wildman–Crippen LogP) is 1.90. The van der Waals surface area contributed by atoms with Crippen molar-refractivity contribution in [1.29, 1.82) is 0 Å². The Balaban J connectivity index is 1.69. The number of hydrogen-bond acceptors (Lipinski definition) is 5. The third-order valence-electron chi connectivity index (χ3n) is 3.80. The molecule has 1 aromatic heterocycles. The van der Waals surface area contributed by atoms with Gasteiger partial charge in [-0.25, -0.2) is 13.4 Å². The SMILES string of the molecule is CS(=O)(=O)c1cccc(NC(=O)CCc2nc3ccccc3c(=O)[nH]2)c1. The Morgan fingerprint density at radius 1 is 1.15 bits per heavy atom. The molecule has 0 fully saturated rings. The predicted molar refractivity (Wildman–Crippen MR) is 98.9 cm³/mol. The molecule has 3 rings (SSSR count). The van der Waals surface area contributed by atoms with E-state index < -0.39 is 9.84 Å². The van der Waals surface area contributed by atoms with Crippen LogP contribution in [0.25, 0.3) is 10.9 Å². The highest BCUT2D eigenvalue weighted by molar-refractivity contribution is 7.90. The van der Waals surface area contributed by atoms with Crippen LogP contribution in [-0.2, 0) is 21.1 Å². The number of carbonyl (C=O) groups is 1. The Morgan fingerprint density at radius 3 is 2.69 bits per heavy atom. The van der Waals surface area contributed by atoms with Crippen LogP contribution in [0.15, 0.2) is 58.2 Å². The van der Waals surface area contributed by atoms with Gasteiger partial charge in [0, 0.05) is 24.8 Å². The number of amides is 1. The number of aryl methyl sites for hydroxylation is 1. The number of carbonyl (C=O) groups excluding carboxylic acids is 1. The van der Waals surface area contributed by atoms with E-state index in [2.05, 4.69) is 15.3 Å². The van der Waals surface area contributed by atoms with E-state index in [0.29, 0.717) is 22.4 Å². The number of nitrogens with one attached hydrogen (secondary N) is 2. The molecular formula is C18H17N3O4S. The van der Waals surface area contributed by atoms with Crippen molar-refractivity contribution in [2.24, 2.45) is 0 Å². The van der Waals surface area contributed by atoms with Gasteiger partial charge in [0.25, 0.3) is 5.56 Å². The van der Waals surface area contributed by atoms with Gasteiger partial charge in [-0.2, -0.15) is 0 Å². The molecule has 2 aromatic carbocycles. The highest BCUT2D eigenvalue weighted by Gasteiger charge is 2.10. The second kappa shape index (κ2) is 7.09. The van der Waals surface area contributed by atoms with Gasteiger partial charge in [-0.15, -0.1) is 0 Å². The van der Waals surface area contributed by atoms with Crippen molar-refractivity contribution >= 4 is 32.3 Å². The molecule has 0 aliphatic rings. The van der Waals surface area contributed by atoms with Gasteiger partial charge in [0.15, 0.2) is 9.84 Å². The highest BCUT2D eigenvalue weighted by atomic mass is 32.2. The summed E-state index contributed by atoms with van der Waals surface area (Å²) in [6.07, 6.45) is 1.47. The maximum atomic E-state index is 12.1. The molecule has 26 heavy (non-hydrogen) atoms. The van der Waals surface area contributed by atoms with Crippen molar-refractivity contribution in [3.05, 3.63) is 64.7 Å². The Labute approximate surface area is 150 Å². The van der Waals surface area contributed by atoms with Crippen LogP contribution >= 0.6 is 0 Å². The number of nitrogens with zero attached hydrogens (tertiary/aromatic N) is 1. The molecule has 0 atom stereocenters. The first-order valence-corrected chi connectivity index (χ1v) is 9.80. The van der Waals surface area contributed by atoms with E-state index >= 15 is 0 Å². The van der Waals surface area contributed by atoms with Gasteiger partial charge >= 0.3 is 0 Å². The van der Waals surface area contributed by atoms with Crippen molar-refractivity contribution < 1.29 is 13.2 Å². The zero-order valence-electron chi connectivity index (χ0n) is 14.0. The molecule has 1 heterocycles. The maximum Gasteiger partial charge on any atom is 0.258 e. The zero-order chi connectivity index (χ0) is 18.7. The average molecular weight is 371 g/mol. The lowest BCUT2D eigenvalue weighted by atomic mass is 10.2. The van der Waals surface area contributed by atoms with Gasteiger partial charge in [-0.1, -0.05) is 18.2 Å². The lowest BCUT2D eigenvalue weighted by Gasteiger charge is -2.07. The van der Waals surface area contributed by atoms with Gasteiger partial charge < -0.3 is 10.3 Å². The quantitative estimate of drug-likeness (QED) is 0.712.